The molecule has 0 saturated carbocycles. The predicted octanol–water partition coefficient (Wildman–Crippen LogP) is 1.27. The highest BCUT2D eigenvalue weighted by atomic mass is 16.6. The Labute approximate surface area is 121 Å². The summed E-state index contributed by atoms with van der Waals surface area (Å²) in [5.74, 6) is -0.197. The van der Waals surface area contributed by atoms with Crippen LogP contribution in [0.4, 0.5) is 11.6 Å². The topological polar surface area (TPSA) is 120 Å². The lowest BCUT2D eigenvalue weighted by molar-refractivity contribution is -0.140. The number of nitrogen functional groups attached to an aromatic ring is 1. The molecule has 0 bridgehead atoms. The third-order valence-corrected chi connectivity index (χ3v) is 3.25. The van der Waals surface area contributed by atoms with Crippen LogP contribution >= 0.6 is 0 Å². The van der Waals surface area contributed by atoms with Crippen LogP contribution in [0.5, 0.6) is 0 Å². The van der Waals surface area contributed by atoms with Gasteiger partial charge in [-0.05, 0) is 17.2 Å². The minimum absolute atomic E-state index is 0.0190. The maximum Gasteiger partial charge on any atom is 0.336 e. The number of ketones is 1. The van der Waals surface area contributed by atoms with Crippen LogP contribution in [0.3, 0.4) is 0 Å². The fourth-order valence-electron chi connectivity index (χ4n) is 2.47. The van der Waals surface area contributed by atoms with E-state index in [1.165, 1.54) is 0 Å². The summed E-state index contributed by atoms with van der Waals surface area (Å²) in [4.78, 5) is 24.1. The summed E-state index contributed by atoms with van der Waals surface area (Å²) in [7, 11) is 0. The van der Waals surface area contributed by atoms with E-state index < -0.39 is 11.4 Å². The predicted molar refractivity (Wildman–Crippen MR) is 74.0 cm³/mol. The van der Waals surface area contributed by atoms with Gasteiger partial charge in [-0.25, -0.2) is 9.42 Å². The number of hydrogen-bond acceptors (Lipinski definition) is 8. The lowest BCUT2D eigenvalue weighted by Gasteiger charge is -2.32. The molecule has 2 rings (SSSR count). The third kappa shape index (κ3) is 3.04. The number of ether oxygens (including phenoxy) is 1. The zero-order valence-corrected chi connectivity index (χ0v) is 12.2. The quantitative estimate of drug-likeness (QED) is 0.796. The van der Waals surface area contributed by atoms with Crippen molar-refractivity contribution in [1.82, 2.24) is 10.3 Å². The Kier molecular flexibility index (Phi) is 3.97. The zero-order chi connectivity index (χ0) is 15.6. The molecule has 0 aliphatic heterocycles. The summed E-state index contributed by atoms with van der Waals surface area (Å²) in [5, 5.41) is 9.92. The standard InChI is InChI=1S/C13H18N4O4/c1-4-20-12(19)9-8(5-7(18)6-13(9,2)3)15-11-10(14)16-21-17-11/h4-6H2,1-3H3,(H2,14,16)(H,15,17). The van der Waals surface area contributed by atoms with Crippen molar-refractivity contribution >= 4 is 23.4 Å². The lowest BCUT2D eigenvalue weighted by atomic mass is 9.73. The molecule has 8 nitrogen and oxygen atoms in total. The SMILES string of the molecule is CCOC(=O)C1=C(Nc2nonc2N)CC(=O)CC1(C)C. The van der Waals surface area contributed by atoms with Crippen LogP contribution in [0.2, 0.25) is 0 Å². The monoisotopic (exact) mass is 294 g/mol. The number of carbonyl (C=O) groups is 2. The number of carbonyl (C=O) groups excluding carboxylic acids is 2. The number of rotatable bonds is 4. The van der Waals surface area contributed by atoms with Gasteiger partial charge in [-0.1, -0.05) is 13.8 Å². The Hall–Kier alpha value is -2.38. The molecule has 3 N–H and O–H groups in total. The molecule has 0 atom stereocenters. The van der Waals surface area contributed by atoms with Gasteiger partial charge in [0, 0.05) is 24.0 Å². The minimum atomic E-state index is -0.629. The Morgan fingerprint density at radius 1 is 1.48 bits per heavy atom. The summed E-state index contributed by atoms with van der Waals surface area (Å²) in [6, 6.07) is 0. The fraction of sp³-hybridized carbons (Fsp3) is 0.538. The van der Waals surface area contributed by atoms with Crippen molar-refractivity contribution in [2.45, 2.75) is 33.6 Å². The molecular formula is C13H18N4O4. The fourth-order valence-corrected chi connectivity index (χ4v) is 2.47. The number of anilines is 2. The molecule has 0 unspecified atom stereocenters. The molecule has 1 aliphatic rings. The summed E-state index contributed by atoms with van der Waals surface area (Å²) < 4.78 is 9.59. The molecule has 114 valence electrons. The average molecular weight is 294 g/mol. The summed E-state index contributed by atoms with van der Waals surface area (Å²) in [5.41, 5.74) is 5.81. The Balaban J connectivity index is 2.44. The highest BCUT2D eigenvalue weighted by molar-refractivity contribution is 5.97. The van der Waals surface area contributed by atoms with Gasteiger partial charge in [0.25, 0.3) is 0 Å². The van der Waals surface area contributed by atoms with E-state index in [-0.39, 0.29) is 36.9 Å². The second-order valence-electron chi connectivity index (χ2n) is 5.47. The van der Waals surface area contributed by atoms with Gasteiger partial charge in [0.2, 0.25) is 11.6 Å². The number of Topliss-reactive ketones (excluding diaryl/α,β-unsaturated/α-hetero) is 1. The second-order valence-corrected chi connectivity index (χ2v) is 5.47. The summed E-state index contributed by atoms with van der Waals surface area (Å²) >= 11 is 0. The van der Waals surface area contributed by atoms with Crippen LogP contribution in [-0.2, 0) is 14.3 Å². The van der Waals surface area contributed by atoms with Gasteiger partial charge in [0.15, 0.2) is 0 Å². The molecule has 0 fully saturated rings. The van der Waals surface area contributed by atoms with Crippen molar-refractivity contribution in [3.05, 3.63) is 11.3 Å². The second kappa shape index (κ2) is 5.55. The maximum atomic E-state index is 12.2. The number of allylic oxidation sites excluding steroid dienone is 1. The molecule has 1 aromatic rings. The highest BCUT2D eigenvalue weighted by Crippen LogP contribution is 2.39. The molecule has 0 saturated heterocycles. The lowest BCUT2D eigenvalue weighted by Crippen LogP contribution is -2.34. The van der Waals surface area contributed by atoms with E-state index in [9.17, 15) is 9.59 Å². The Morgan fingerprint density at radius 3 is 2.76 bits per heavy atom. The average Bonchev–Trinajstić information content (AvgIpc) is 2.73. The van der Waals surface area contributed by atoms with Gasteiger partial charge in [-0.2, -0.15) is 0 Å². The van der Waals surface area contributed by atoms with Crippen molar-refractivity contribution < 1.29 is 19.0 Å². The third-order valence-electron chi connectivity index (χ3n) is 3.25. The van der Waals surface area contributed by atoms with Crippen molar-refractivity contribution in [3.63, 3.8) is 0 Å². The van der Waals surface area contributed by atoms with Gasteiger partial charge in [0.1, 0.15) is 5.78 Å². The van der Waals surface area contributed by atoms with Crippen LogP contribution in [0.25, 0.3) is 0 Å². The van der Waals surface area contributed by atoms with E-state index in [2.05, 4.69) is 20.3 Å². The van der Waals surface area contributed by atoms with Crippen LogP contribution in [0, 0.1) is 5.41 Å². The Morgan fingerprint density at radius 2 is 2.19 bits per heavy atom. The first-order chi connectivity index (χ1) is 9.85. The normalized spacial score (nSPS) is 17.8. The maximum absolute atomic E-state index is 12.2. The van der Waals surface area contributed by atoms with Gasteiger partial charge in [-0.3, -0.25) is 4.79 Å². The van der Waals surface area contributed by atoms with Crippen molar-refractivity contribution in [2.75, 3.05) is 17.7 Å². The van der Waals surface area contributed by atoms with Crippen LogP contribution < -0.4 is 11.1 Å². The molecule has 0 amide bonds. The van der Waals surface area contributed by atoms with E-state index in [1.54, 1.807) is 6.92 Å². The van der Waals surface area contributed by atoms with E-state index in [1.807, 2.05) is 13.8 Å². The number of nitrogens with zero attached hydrogens (tertiary/aromatic N) is 2. The number of aromatic nitrogens is 2. The first-order valence-corrected chi connectivity index (χ1v) is 6.62. The number of nitrogens with two attached hydrogens (primary N) is 1. The van der Waals surface area contributed by atoms with E-state index in [4.69, 9.17) is 10.5 Å². The van der Waals surface area contributed by atoms with Gasteiger partial charge in [-0.15, -0.1) is 0 Å². The summed E-state index contributed by atoms with van der Waals surface area (Å²) in [6.07, 6.45) is 0.364. The number of hydrogen-bond donors (Lipinski definition) is 2. The molecule has 1 heterocycles. The van der Waals surface area contributed by atoms with E-state index in [0.717, 1.165) is 0 Å². The van der Waals surface area contributed by atoms with E-state index >= 15 is 0 Å². The summed E-state index contributed by atoms with van der Waals surface area (Å²) in [6.45, 7) is 5.63. The van der Waals surface area contributed by atoms with E-state index in [0.29, 0.717) is 11.3 Å². The molecule has 1 aliphatic carbocycles. The molecule has 0 radical (unpaired) electrons. The van der Waals surface area contributed by atoms with Gasteiger partial charge in [0.05, 0.1) is 12.2 Å². The first kappa shape index (κ1) is 15.0. The van der Waals surface area contributed by atoms with Crippen LogP contribution in [0.1, 0.15) is 33.6 Å². The van der Waals surface area contributed by atoms with Gasteiger partial charge >= 0.3 is 5.97 Å². The number of nitrogens with one attached hydrogen (secondary N) is 1. The molecule has 1 aromatic heterocycles. The first-order valence-electron chi connectivity index (χ1n) is 6.62. The number of esters is 1. The largest absolute Gasteiger partial charge is 0.463 e. The van der Waals surface area contributed by atoms with Crippen LogP contribution in [0.15, 0.2) is 15.9 Å². The molecule has 8 heteroatoms. The molecule has 21 heavy (non-hydrogen) atoms. The minimum Gasteiger partial charge on any atom is -0.463 e. The molecule has 0 spiro atoms. The zero-order valence-electron chi connectivity index (χ0n) is 12.2. The van der Waals surface area contributed by atoms with Crippen molar-refractivity contribution in [2.24, 2.45) is 5.41 Å². The van der Waals surface area contributed by atoms with Crippen molar-refractivity contribution in [3.8, 4) is 0 Å². The molecular weight excluding hydrogens is 276 g/mol. The smallest absolute Gasteiger partial charge is 0.336 e. The van der Waals surface area contributed by atoms with Crippen molar-refractivity contribution in [1.29, 1.82) is 0 Å². The van der Waals surface area contributed by atoms with Crippen LogP contribution in [-0.4, -0.2) is 28.7 Å². The van der Waals surface area contributed by atoms with Gasteiger partial charge < -0.3 is 15.8 Å². The Bertz CT molecular complexity index is 603. The highest BCUT2D eigenvalue weighted by Gasteiger charge is 2.39. The molecule has 0 aromatic carbocycles.